The number of fused-ring (bicyclic) bond motifs is 1. The lowest BCUT2D eigenvalue weighted by Gasteiger charge is -2.47. The van der Waals surface area contributed by atoms with Gasteiger partial charge in [-0.15, -0.1) is 0 Å². The maximum Gasteiger partial charge on any atom is 0.320 e. The first-order chi connectivity index (χ1) is 18.2. The van der Waals surface area contributed by atoms with Crippen molar-refractivity contribution in [3.8, 4) is 0 Å². The highest BCUT2D eigenvalue weighted by Crippen LogP contribution is 2.38. The first-order valence-corrected chi connectivity index (χ1v) is 15.6. The number of nitrogens with zero attached hydrogens (tertiary/aromatic N) is 2. The van der Waals surface area contributed by atoms with Crippen molar-refractivity contribution < 1.29 is 10.6 Å². The molecule has 0 aromatic heterocycles. The second kappa shape index (κ2) is 10.6. The molecule has 0 atom stereocenters. The van der Waals surface area contributed by atoms with E-state index in [0.717, 1.165) is 30.4 Å². The molecule has 1 fully saturated rings. The lowest BCUT2D eigenvalue weighted by atomic mass is 10.00. The Hall–Kier alpha value is -2.60. The second-order valence-electron chi connectivity index (χ2n) is 11.2. The van der Waals surface area contributed by atoms with E-state index in [-0.39, 0.29) is 17.2 Å². The van der Waals surface area contributed by atoms with Gasteiger partial charge in [0.25, 0.3) is 8.32 Å². The van der Waals surface area contributed by atoms with Crippen LogP contribution in [0.2, 0.25) is 10.1 Å². The van der Waals surface area contributed by atoms with Crippen molar-refractivity contribution in [2.75, 3.05) is 19.6 Å². The minimum atomic E-state index is -2.61. The minimum Gasteiger partial charge on any atom is -0.404 e. The zero-order valence-electron chi connectivity index (χ0n) is 23.0. The van der Waals surface area contributed by atoms with Gasteiger partial charge in [-0.25, -0.2) is 4.79 Å². The Balaban J connectivity index is 1.32. The zero-order chi connectivity index (χ0) is 26.9. The van der Waals surface area contributed by atoms with Crippen molar-refractivity contribution in [2.24, 2.45) is 0 Å². The maximum absolute atomic E-state index is 13.5. The van der Waals surface area contributed by atoms with Crippen LogP contribution in [0.1, 0.15) is 46.1 Å². The Labute approximate surface area is 228 Å². The highest BCUT2D eigenvalue weighted by Gasteiger charge is 2.51. The van der Waals surface area contributed by atoms with Gasteiger partial charge in [0, 0.05) is 37.3 Å². The number of likely N-dealkylation sites (tertiary alicyclic amines) is 1. The van der Waals surface area contributed by atoms with Crippen LogP contribution >= 0.6 is 11.6 Å². The summed E-state index contributed by atoms with van der Waals surface area (Å²) in [6, 6.07) is 25.6. The SMILES string of the molecule is [2H]c1cc(Cl)cc2c1CN(C(=O)N1CCC(O[Si](c3ccccc3)(c3ccccc3)C(C)(C)C)CC1)CC2. The minimum absolute atomic E-state index is 0.0638. The molecule has 3 aromatic carbocycles. The van der Waals surface area contributed by atoms with Gasteiger partial charge in [0.2, 0.25) is 0 Å². The van der Waals surface area contributed by atoms with E-state index in [2.05, 4.69) is 81.4 Å². The van der Waals surface area contributed by atoms with E-state index in [9.17, 15) is 4.79 Å². The van der Waals surface area contributed by atoms with Gasteiger partial charge >= 0.3 is 6.03 Å². The van der Waals surface area contributed by atoms with E-state index in [1.807, 2.05) is 15.9 Å². The van der Waals surface area contributed by atoms with Crippen molar-refractivity contribution in [1.82, 2.24) is 9.80 Å². The predicted octanol–water partition coefficient (Wildman–Crippen LogP) is 5.86. The maximum atomic E-state index is 13.5. The summed E-state index contributed by atoms with van der Waals surface area (Å²) in [7, 11) is -2.61. The molecular formula is C31H37ClN2O2Si. The lowest BCUT2D eigenvalue weighted by molar-refractivity contribution is 0.0873. The Morgan fingerprint density at radius 3 is 2.08 bits per heavy atom. The predicted molar refractivity (Wildman–Crippen MR) is 154 cm³/mol. The summed E-state index contributed by atoms with van der Waals surface area (Å²) in [5, 5.41) is 3.10. The topological polar surface area (TPSA) is 32.8 Å². The third-order valence-corrected chi connectivity index (χ3v) is 13.1. The highest BCUT2D eigenvalue weighted by molar-refractivity contribution is 6.99. The molecule has 0 saturated carbocycles. The second-order valence-corrected chi connectivity index (χ2v) is 15.9. The summed E-state index contributed by atoms with van der Waals surface area (Å²) in [5.41, 5.74) is 2.00. The molecule has 194 valence electrons. The van der Waals surface area contributed by atoms with Crippen LogP contribution in [0.15, 0.2) is 78.8 Å². The van der Waals surface area contributed by atoms with Crippen molar-refractivity contribution >= 4 is 36.3 Å². The fourth-order valence-corrected chi connectivity index (χ4v) is 10.8. The molecule has 6 heteroatoms. The van der Waals surface area contributed by atoms with Crippen LogP contribution in [-0.2, 0) is 17.4 Å². The van der Waals surface area contributed by atoms with Crippen LogP contribution in [0.3, 0.4) is 0 Å². The Morgan fingerprint density at radius 2 is 1.51 bits per heavy atom. The van der Waals surface area contributed by atoms with E-state index >= 15 is 0 Å². The van der Waals surface area contributed by atoms with E-state index in [1.165, 1.54) is 10.4 Å². The molecule has 0 N–H and O–H groups in total. The summed E-state index contributed by atoms with van der Waals surface area (Å²) < 4.78 is 15.6. The number of hydrogen-bond acceptors (Lipinski definition) is 2. The van der Waals surface area contributed by atoms with Crippen LogP contribution in [0.25, 0.3) is 0 Å². The van der Waals surface area contributed by atoms with E-state index in [0.29, 0.717) is 37.2 Å². The summed E-state index contributed by atoms with van der Waals surface area (Å²) in [4.78, 5) is 17.3. The monoisotopic (exact) mass is 533 g/mol. The highest BCUT2D eigenvalue weighted by atomic mass is 35.5. The van der Waals surface area contributed by atoms with Gasteiger partial charge in [0.05, 0.1) is 1.37 Å². The van der Waals surface area contributed by atoms with Crippen LogP contribution < -0.4 is 10.4 Å². The van der Waals surface area contributed by atoms with E-state index < -0.39 is 8.32 Å². The molecule has 0 aliphatic carbocycles. The van der Waals surface area contributed by atoms with Crippen molar-refractivity contribution in [2.45, 2.75) is 57.7 Å². The number of piperidine rings is 1. The summed E-state index contributed by atoms with van der Waals surface area (Å²) in [5.74, 6) is 0. The number of amides is 2. The fourth-order valence-electron chi connectivity index (χ4n) is 5.91. The number of halogens is 1. The van der Waals surface area contributed by atoms with Gasteiger partial charge < -0.3 is 14.2 Å². The van der Waals surface area contributed by atoms with Crippen molar-refractivity contribution in [1.29, 1.82) is 0 Å². The first-order valence-electron chi connectivity index (χ1n) is 13.8. The normalized spacial score (nSPS) is 17.4. The number of urea groups is 1. The van der Waals surface area contributed by atoms with Gasteiger partial charge in [-0.1, -0.05) is 99.1 Å². The van der Waals surface area contributed by atoms with Gasteiger partial charge in [0.1, 0.15) is 0 Å². The van der Waals surface area contributed by atoms with Crippen molar-refractivity contribution in [3.63, 3.8) is 0 Å². The fraction of sp³-hybridized carbons (Fsp3) is 0.387. The van der Waals surface area contributed by atoms with Gasteiger partial charge in [0.15, 0.2) is 0 Å². The molecule has 2 aliphatic heterocycles. The lowest BCUT2D eigenvalue weighted by Crippen LogP contribution is -2.68. The zero-order valence-corrected chi connectivity index (χ0v) is 23.8. The number of benzene rings is 3. The van der Waals surface area contributed by atoms with E-state index in [1.54, 1.807) is 6.07 Å². The number of carbonyl (C=O) groups is 1. The summed E-state index contributed by atoms with van der Waals surface area (Å²) >= 11 is 6.15. The summed E-state index contributed by atoms with van der Waals surface area (Å²) in [6.45, 7) is 9.41. The Bertz CT molecular complexity index is 1230. The molecule has 2 aliphatic rings. The standard InChI is InChI=1S/C31H37ClN2O2Si/c1-31(2,3)37(28-10-6-4-7-11-28,29-12-8-5-9-13-29)36-27-17-20-33(21-18-27)30(35)34-19-16-24-22-26(32)15-14-25(24)23-34/h4-15,22,27H,16-21,23H2,1-3H3/i14D. The van der Waals surface area contributed by atoms with Crippen LogP contribution in [0.5, 0.6) is 0 Å². The average molecular weight is 534 g/mol. The van der Waals surface area contributed by atoms with Crippen LogP contribution in [0.4, 0.5) is 4.79 Å². The quantitative estimate of drug-likeness (QED) is 0.393. The Kier molecular flexibility index (Phi) is 7.11. The van der Waals surface area contributed by atoms with Crippen LogP contribution in [-0.4, -0.2) is 49.9 Å². The molecule has 0 bridgehead atoms. The molecule has 0 unspecified atom stereocenters. The third kappa shape index (κ3) is 5.22. The molecule has 5 rings (SSSR count). The first kappa shape index (κ1) is 24.7. The molecule has 2 heterocycles. The van der Waals surface area contributed by atoms with E-state index in [4.69, 9.17) is 17.4 Å². The number of hydrogen-bond donors (Lipinski definition) is 0. The molecule has 3 aromatic rings. The molecule has 4 nitrogen and oxygen atoms in total. The van der Waals surface area contributed by atoms with Gasteiger partial charge in [-0.3, -0.25) is 0 Å². The largest absolute Gasteiger partial charge is 0.404 e. The van der Waals surface area contributed by atoms with Gasteiger partial charge in [-0.2, -0.15) is 0 Å². The third-order valence-electron chi connectivity index (χ3n) is 7.83. The molecule has 0 spiro atoms. The molecule has 2 amide bonds. The van der Waals surface area contributed by atoms with Crippen LogP contribution in [0, 0.1) is 0 Å². The van der Waals surface area contributed by atoms with Gasteiger partial charge in [-0.05, 0) is 57.9 Å². The Morgan fingerprint density at radius 1 is 0.919 bits per heavy atom. The molecular weight excluding hydrogens is 496 g/mol. The molecule has 0 radical (unpaired) electrons. The number of rotatable bonds is 4. The molecule has 1 saturated heterocycles. The van der Waals surface area contributed by atoms with Crippen molar-refractivity contribution in [3.05, 3.63) is 95.0 Å². The average Bonchev–Trinajstić information content (AvgIpc) is 2.92. The smallest absolute Gasteiger partial charge is 0.320 e. The molecule has 37 heavy (non-hydrogen) atoms. The summed E-state index contributed by atoms with van der Waals surface area (Å²) in [6.07, 6.45) is 2.47. The number of carbonyl (C=O) groups excluding carboxylic acids is 1.